The Hall–Kier alpha value is -0.480. The largest absolute Gasteiger partial charge is 0.306 e. The molecule has 0 saturated carbocycles. The number of hydrogen-bond donors (Lipinski definition) is 0. The molecular formula is C7H13N. The second kappa shape index (κ2) is 4.67. The summed E-state index contributed by atoms with van der Waals surface area (Å²) < 4.78 is 0. The van der Waals surface area contributed by atoms with E-state index in [4.69, 9.17) is 0 Å². The molecule has 0 atom stereocenters. The fraction of sp³-hybridized carbons (Fsp3) is 0.714. The predicted octanol–water partition coefficient (Wildman–Crippen LogP) is 0.961. The fourth-order valence-electron chi connectivity index (χ4n) is 0.875. The molecule has 0 bridgehead atoms. The smallest absolute Gasteiger partial charge is 0.00213 e. The SMILES string of the molecule is C#C.CN1CCCC1. The molecule has 0 radical (unpaired) electrons. The van der Waals surface area contributed by atoms with Gasteiger partial charge in [-0.15, -0.1) is 12.8 Å². The highest BCUT2D eigenvalue weighted by Crippen LogP contribution is 2.01. The minimum absolute atomic E-state index is 1.32. The van der Waals surface area contributed by atoms with E-state index < -0.39 is 0 Å². The van der Waals surface area contributed by atoms with Crippen molar-refractivity contribution in [3.63, 3.8) is 0 Å². The first-order chi connectivity index (χ1) is 3.89. The third kappa shape index (κ3) is 2.65. The van der Waals surface area contributed by atoms with Gasteiger partial charge in [-0.05, 0) is 33.0 Å². The zero-order valence-electron chi connectivity index (χ0n) is 5.43. The van der Waals surface area contributed by atoms with E-state index >= 15 is 0 Å². The first-order valence-electron chi connectivity index (χ1n) is 2.91. The van der Waals surface area contributed by atoms with Crippen LogP contribution in [0.3, 0.4) is 0 Å². The highest BCUT2D eigenvalue weighted by Gasteiger charge is 2.03. The van der Waals surface area contributed by atoms with Gasteiger partial charge in [0.15, 0.2) is 0 Å². The summed E-state index contributed by atoms with van der Waals surface area (Å²) in [5.41, 5.74) is 0. The van der Waals surface area contributed by atoms with Crippen LogP contribution < -0.4 is 0 Å². The van der Waals surface area contributed by atoms with Gasteiger partial charge in [0.25, 0.3) is 0 Å². The number of rotatable bonds is 0. The Bertz CT molecular complexity index is 60.0. The molecule has 0 aromatic heterocycles. The van der Waals surface area contributed by atoms with Gasteiger partial charge in [-0.25, -0.2) is 0 Å². The summed E-state index contributed by atoms with van der Waals surface area (Å²) in [5, 5.41) is 0. The monoisotopic (exact) mass is 111 g/mol. The maximum absolute atomic E-state index is 4.00. The van der Waals surface area contributed by atoms with Crippen molar-refractivity contribution in [2.75, 3.05) is 20.1 Å². The van der Waals surface area contributed by atoms with Crippen molar-refractivity contribution in [3.8, 4) is 12.8 Å². The van der Waals surface area contributed by atoms with E-state index in [0.29, 0.717) is 0 Å². The van der Waals surface area contributed by atoms with E-state index in [0.717, 1.165) is 0 Å². The number of nitrogens with zero attached hydrogens (tertiary/aromatic N) is 1. The summed E-state index contributed by atoms with van der Waals surface area (Å²) in [5.74, 6) is 0. The summed E-state index contributed by atoms with van der Waals surface area (Å²) in [7, 11) is 2.17. The fourth-order valence-corrected chi connectivity index (χ4v) is 0.875. The minimum atomic E-state index is 1.32. The Morgan fingerprint density at radius 2 is 1.50 bits per heavy atom. The first-order valence-corrected chi connectivity index (χ1v) is 2.91. The van der Waals surface area contributed by atoms with E-state index in [1.165, 1.54) is 25.9 Å². The topological polar surface area (TPSA) is 3.24 Å². The van der Waals surface area contributed by atoms with Crippen LogP contribution in [0.1, 0.15) is 12.8 Å². The van der Waals surface area contributed by atoms with Crippen molar-refractivity contribution in [2.24, 2.45) is 0 Å². The molecule has 46 valence electrons. The van der Waals surface area contributed by atoms with Crippen LogP contribution in [0.15, 0.2) is 0 Å². The van der Waals surface area contributed by atoms with Gasteiger partial charge in [0.1, 0.15) is 0 Å². The molecule has 1 heterocycles. The van der Waals surface area contributed by atoms with Crippen molar-refractivity contribution in [1.29, 1.82) is 0 Å². The van der Waals surface area contributed by atoms with Crippen LogP contribution in [0.25, 0.3) is 0 Å². The molecule has 1 nitrogen and oxygen atoms in total. The third-order valence-electron chi connectivity index (χ3n) is 1.33. The van der Waals surface area contributed by atoms with Crippen LogP contribution in [0.5, 0.6) is 0 Å². The second-order valence-corrected chi connectivity index (χ2v) is 2.01. The van der Waals surface area contributed by atoms with Gasteiger partial charge < -0.3 is 4.90 Å². The van der Waals surface area contributed by atoms with Gasteiger partial charge >= 0.3 is 0 Å². The average Bonchev–Trinajstić information content (AvgIpc) is 2.24. The van der Waals surface area contributed by atoms with E-state index in [1.54, 1.807) is 0 Å². The van der Waals surface area contributed by atoms with Gasteiger partial charge in [-0.2, -0.15) is 0 Å². The molecule has 0 unspecified atom stereocenters. The Morgan fingerprint density at radius 3 is 1.62 bits per heavy atom. The second-order valence-electron chi connectivity index (χ2n) is 2.01. The molecule has 1 heteroatoms. The van der Waals surface area contributed by atoms with Crippen molar-refractivity contribution in [1.82, 2.24) is 4.90 Å². The van der Waals surface area contributed by atoms with E-state index in [2.05, 4.69) is 24.8 Å². The Morgan fingerprint density at radius 1 is 1.12 bits per heavy atom. The zero-order chi connectivity index (χ0) is 6.41. The lowest BCUT2D eigenvalue weighted by Gasteiger charge is -2.01. The molecule has 1 fully saturated rings. The zero-order valence-corrected chi connectivity index (χ0v) is 5.43. The highest BCUT2D eigenvalue weighted by atomic mass is 15.1. The molecule has 0 aliphatic carbocycles. The molecule has 0 amide bonds. The van der Waals surface area contributed by atoms with E-state index in [1.807, 2.05) is 0 Å². The summed E-state index contributed by atoms with van der Waals surface area (Å²) in [6, 6.07) is 0. The van der Waals surface area contributed by atoms with E-state index in [-0.39, 0.29) is 0 Å². The van der Waals surface area contributed by atoms with Crippen molar-refractivity contribution < 1.29 is 0 Å². The summed E-state index contributed by atoms with van der Waals surface area (Å²) in [6.07, 6.45) is 10.8. The molecule has 0 N–H and O–H groups in total. The maximum atomic E-state index is 4.00. The van der Waals surface area contributed by atoms with Crippen LogP contribution in [0.2, 0.25) is 0 Å². The van der Waals surface area contributed by atoms with Crippen LogP contribution in [-0.2, 0) is 0 Å². The van der Waals surface area contributed by atoms with Gasteiger partial charge in [0.2, 0.25) is 0 Å². The van der Waals surface area contributed by atoms with Crippen LogP contribution in [-0.4, -0.2) is 25.0 Å². The Labute approximate surface area is 51.7 Å². The summed E-state index contributed by atoms with van der Waals surface area (Å²) >= 11 is 0. The summed E-state index contributed by atoms with van der Waals surface area (Å²) in [4.78, 5) is 2.36. The lowest BCUT2D eigenvalue weighted by molar-refractivity contribution is 0.418. The number of terminal acetylenes is 1. The molecule has 8 heavy (non-hydrogen) atoms. The predicted molar refractivity (Wildman–Crippen MR) is 36.6 cm³/mol. The normalized spacial score (nSPS) is 19.4. The summed E-state index contributed by atoms with van der Waals surface area (Å²) in [6.45, 7) is 2.64. The third-order valence-corrected chi connectivity index (χ3v) is 1.33. The molecule has 0 aromatic carbocycles. The van der Waals surface area contributed by atoms with Gasteiger partial charge in [0.05, 0.1) is 0 Å². The first kappa shape index (κ1) is 7.52. The standard InChI is InChI=1S/C5H11N.C2H2/c1-6-4-2-3-5-6;1-2/h2-5H2,1H3;1-2H. The van der Waals surface area contributed by atoms with Gasteiger partial charge in [-0.1, -0.05) is 0 Å². The van der Waals surface area contributed by atoms with Crippen molar-refractivity contribution >= 4 is 0 Å². The Balaban J connectivity index is 0.000000222. The van der Waals surface area contributed by atoms with Crippen LogP contribution in [0, 0.1) is 12.8 Å². The molecule has 1 aliphatic heterocycles. The van der Waals surface area contributed by atoms with Gasteiger partial charge in [0, 0.05) is 0 Å². The van der Waals surface area contributed by atoms with Gasteiger partial charge in [-0.3, -0.25) is 0 Å². The van der Waals surface area contributed by atoms with Crippen LogP contribution >= 0.6 is 0 Å². The molecule has 0 aromatic rings. The van der Waals surface area contributed by atoms with Crippen LogP contribution in [0.4, 0.5) is 0 Å². The van der Waals surface area contributed by atoms with E-state index in [9.17, 15) is 0 Å². The maximum Gasteiger partial charge on any atom is -0.00213 e. The quantitative estimate of drug-likeness (QED) is 0.421. The Kier molecular flexibility index (Phi) is 4.39. The molecule has 1 rings (SSSR count). The minimum Gasteiger partial charge on any atom is -0.306 e. The lowest BCUT2D eigenvalue weighted by Crippen LogP contribution is -2.10. The van der Waals surface area contributed by atoms with Crippen molar-refractivity contribution in [3.05, 3.63) is 0 Å². The number of likely N-dealkylation sites (tertiary alicyclic amines) is 1. The molecule has 1 saturated heterocycles. The lowest BCUT2D eigenvalue weighted by atomic mass is 10.4. The number of hydrogen-bond acceptors (Lipinski definition) is 1. The molecule has 1 aliphatic rings. The molecular weight excluding hydrogens is 98.1 g/mol. The average molecular weight is 111 g/mol. The highest BCUT2D eigenvalue weighted by molar-refractivity contribution is 4.59. The molecule has 0 spiro atoms. The van der Waals surface area contributed by atoms with Crippen molar-refractivity contribution in [2.45, 2.75) is 12.8 Å².